The maximum absolute atomic E-state index is 13.0. The first-order valence-corrected chi connectivity index (χ1v) is 13.4. The molecule has 0 unspecified atom stereocenters. The molecule has 0 radical (unpaired) electrons. The fraction of sp³-hybridized carbons (Fsp3) is 0.333. The first kappa shape index (κ1) is 30.0. The van der Waals surface area contributed by atoms with Crippen LogP contribution in [0.2, 0.25) is 0 Å². The second kappa shape index (κ2) is 12.7. The van der Waals surface area contributed by atoms with Crippen LogP contribution in [-0.4, -0.2) is 53.8 Å². The summed E-state index contributed by atoms with van der Waals surface area (Å²) in [5.41, 5.74) is -0.0147. The zero-order valence-electron chi connectivity index (χ0n) is 22.7. The van der Waals surface area contributed by atoms with Crippen LogP contribution in [0.4, 0.5) is 0 Å². The van der Waals surface area contributed by atoms with E-state index in [1.54, 1.807) is 0 Å². The summed E-state index contributed by atoms with van der Waals surface area (Å²) in [6.45, 7) is 2.07. The molecular weight excluding hydrogens is 552 g/mol. The van der Waals surface area contributed by atoms with Crippen molar-refractivity contribution in [3.8, 4) is 51.7 Å². The van der Waals surface area contributed by atoms with Crippen molar-refractivity contribution in [1.82, 2.24) is 0 Å². The van der Waals surface area contributed by atoms with E-state index >= 15 is 0 Å². The van der Waals surface area contributed by atoms with Gasteiger partial charge in [-0.05, 0) is 30.7 Å². The number of aromatic hydroxyl groups is 7. The molecule has 1 aliphatic rings. The Morgan fingerprint density at radius 1 is 0.810 bits per heavy atom. The Bertz CT molecular complexity index is 1460. The van der Waals surface area contributed by atoms with Crippen LogP contribution in [0, 0.1) is 0 Å². The molecule has 4 rings (SSSR count). The van der Waals surface area contributed by atoms with E-state index < -0.39 is 52.9 Å². The van der Waals surface area contributed by atoms with E-state index in [2.05, 4.69) is 6.92 Å². The summed E-state index contributed by atoms with van der Waals surface area (Å²) in [6, 6.07) is 6.42. The highest BCUT2D eigenvalue weighted by molar-refractivity contribution is 5.91. The molecule has 12 nitrogen and oxygen atoms in total. The molecule has 0 amide bonds. The van der Waals surface area contributed by atoms with Crippen LogP contribution in [0.3, 0.4) is 0 Å². The third kappa shape index (κ3) is 6.65. The Morgan fingerprint density at radius 2 is 1.48 bits per heavy atom. The summed E-state index contributed by atoms with van der Waals surface area (Å²) >= 11 is 0. The molecule has 3 aromatic carbocycles. The molecular formula is C30H32O12. The summed E-state index contributed by atoms with van der Waals surface area (Å²) in [5.74, 6) is -6.32. The highest BCUT2D eigenvalue weighted by atomic mass is 16.6. The molecule has 224 valence electrons. The predicted molar refractivity (Wildman–Crippen MR) is 146 cm³/mol. The van der Waals surface area contributed by atoms with E-state index in [1.165, 1.54) is 12.1 Å². The lowest BCUT2D eigenvalue weighted by molar-refractivity contribution is -0.134. The molecule has 42 heavy (non-hydrogen) atoms. The summed E-state index contributed by atoms with van der Waals surface area (Å²) in [5, 5.41) is 70.5. The van der Waals surface area contributed by atoms with Crippen LogP contribution < -0.4 is 9.47 Å². The Labute approximate surface area is 240 Å². The van der Waals surface area contributed by atoms with Crippen molar-refractivity contribution in [3.05, 3.63) is 53.1 Å². The highest BCUT2D eigenvalue weighted by Crippen LogP contribution is 2.46. The number of hydrogen-bond acceptors (Lipinski definition) is 12. The number of phenolic OH excluding ortho intramolecular Hbond substituents is 7. The fourth-order valence-electron chi connectivity index (χ4n) is 4.66. The minimum absolute atomic E-state index is 0.0444. The second-order valence-electron chi connectivity index (χ2n) is 10.0. The van der Waals surface area contributed by atoms with Crippen molar-refractivity contribution >= 4 is 11.9 Å². The van der Waals surface area contributed by atoms with Gasteiger partial charge in [0.2, 0.25) is 5.75 Å². The third-order valence-corrected chi connectivity index (χ3v) is 6.84. The predicted octanol–water partition coefficient (Wildman–Crippen LogP) is 4.79. The molecule has 0 spiro atoms. The first-order chi connectivity index (χ1) is 20.0. The molecule has 0 saturated carbocycles. The zero-order valence-corrected chi connectivity index (χ0v) is 22.7. The standard InChI is InChI=1S/C30H32O12/c1-2-3-4-5-6-7-26(36)40-24-11-15(8-22(35)28(24)38)29-25(14-18-19(32)12-17(31)13-23(18)41-29)42-30(39)16-9-20(33)27(37)21(34)10-16/h8-13,25,29,31-35,37-38H,2-7,14H2,1H3/t25-,29-/m0/s1. The summed E-state index contributed by atoms with van der Waals surface area (Å²) in [6.07, 6.45) is 1.99. The number of carbonyl (C=O) groups is 2. The Kier molecular flexibility index (Phi) is 9.04. The van der Waals surface area contributed by atoms with Gasteiger partial charge in [-0.25, -0.2) is 4.79 Å². The third-order valence-electron chi connectivity index (χ3n) is 6.84. The quantitative estimate of drug-likeness (QED) is 0.0744. The molecule has 3 aromatic rings. The van der Waals surface area contributed by atoms with Crippen molar-refractivity contribution in [2.75, 3.05) is 0 Å². The van der Waals surface area contributed by atoms with Crippen LogP contribution in [0.15, 0.2) is 36.4 Å². The van der Waals surface area contributed by atoms with Crippen LogP contribution in [-0.2, 0) is 16.0 Å². The van der Waals surface area contributed by atoms with Crippen molar-refractivity contribution in [1.29, 1.82) is 0 Å². The van der Waals surface area contributed by atoms with Crippen molar-refractivity contribution in [2.45, 2.75) is 64.1 Å². The average molecular weight is 585 g/mol. The lowest BCUT2D eigenvalue weighted by Crippen LogP contribution is -2.34. The minimum atomic E-state index is -1.22. The molecule has 0 aromatic heterocycles. The van der Waals surface area contributed by atoms with Gasteiger partial charge in [-0.3, -0.25) is 4.79 Å². The Morgan fingerprint density at radius 3 is 2.17 bits per heavy atom. The molecule has 2 atom stereocenters. The van der Waals surface area contributed by atoms with E-state index in [9.17, 15) is 45.3 Å². The van der Waals surface area contributed by atoms with Gasteiger partial charge in [0, 0.05) is 36.1 Å². The lowest BCUT2D eigenvalue weighted by Gasteiger charge is -2.34. The maximum atomic E-state index is 13.0. The summed E-state index contributed by atoms with van der Waals surface area (Å²) in [7, 11) is 0. The zero-order chi connectivity index (χ0) is 30.6. The number of fused-ring (bicyclic) bond motifs is 1. The van der Waals surface area contributed by atoms with Crippen LogP contribution in [0.25, 0.3) is 0 Å². The van der Waals surface area contributed by atoms with Gasteiger partial charge in [0.25, 0.3) is 0 Å². The number of ether oxygens (including phenoxy) is 3. The molecule has 0 aliphatic carbocycles. The van der Waals surface area contributed by atoms with Crippen molar-refractivity contribution < 1.29 is 59.5 Å². The van der Waals surface area contributed by atoms with E-state index in [4.69, 9.17) is 14.2 Å². The normalized spacial score (nSPS) is 15.8. The van der Waals surface area contributed by atoms with Crippen molar-refractivity contribution in [2.24, 2.45) is 0 Å². The minimum Gasteiger partial charge on any atom is -0.508 e. The molecule has 12 heteroatoms. The molecule has 1 aliphatic heterocycles. The number of phenols is 7. The van der Waals surface area contributed by atoms with Crippen molar-refractivity contribution in [3.63, 3.8) is 0 Å². The number of benzene rings is 3. The van der Waals surface area contributed by atoms with E-state index in [1.807, 2.05) is 0 Å². The van der Waals surface area contributed by atoms with Gasteiger partial charge >= 0.3 is 11.9 Å². The van der Waals surface area contributed by atoms with Gasteiger partial charge in [0.1, 0.15) is 23.4 Å². The monoisotopic (exact) mass is 584 g/mol. The molecule has 0 saturated heterocycles. The van der Waals surface area contributed by atoms with E-state index in [0.717, 1.165) is 49.9 Å². The Hall–Kier alpha value is -5.00. The van der Waals surface area contributed by atoms with Gasteiger partial charge in [-0.15, -0.1) is 0 Å². The van der Waals surface area contributed by atoms with E-state index in [-0.39, 0.29) is 52.5 Å². The van der Waals surface area contributed by atoms with Crippen LogP contribution in [0.1, 0.15) is 73.0 Å². The number of carbonyl (C=O) groups excluding carboxylic acids is 2. The first-order valence-electron chi connectivity index (χ1n) is 13.4. The fourth-order valence-corrected chi connectivity index (χ4v) is 4.66. The molecule has 0 bridgehead atoms. The van der Waals surface area contributed by atoms with Gasteiger partial charge in [0.15, 0.2) is 34.9 Å². The maximum Gasteiger partial charge on any atom is 0.338 e. The molecule has 0 fully saturated rings. The largest absolute Gasteiger partial charge is 0.508 e. The van der Waals surface area contributed by atoms with E-state index in [0.29, 0.717) is 6.42 Å². The van der Waals surface area contributed by atoms with Gasteiger partial charge in [0.05, 0.1) is 5.56 Å². The smallest absolute Gasteiger partial charge is 0.338 e. The number of unbranched alkanes of at least 4 members (excludes halogenated alkanes) is 4. The second-order valence-corrected chi connectivity index (χ2v) is 10.0. The average Bonchev–Trinajstić information content (AvgIpc) is 2.93. The van der Waals surface area contributed by atoms with Gasteiger partial charge in [-0.2, -0.15) is 0 Å². The number of hydrogen-bond donors (Lipinski definition) is 7. The highest BCUT2D eigenvalue weighted by Gasteiger charge is 2.37. The van der Waals surface area contributed by atoms with Crippen LogP contribution >= 0.6 is 0 Å². The number of rotatable bonds is 10. The number of esters is 2. The summed E-state index contributed by atoms with van der Waals surface area (Å²) < 4.78 is 16.9. The SMILES string of the molecule is CCCCCCCC(=O)Oc1cc([C@@H]2Oc3cc(O)cc(O)c3C[C@@H]2OC(=O)c2cc(O)c(O)c(O)c2)cc(O)c1O. The van der Waals surface area contributed by atoms with Gasteiger partial charge < -0.3 is 50.0 Å². The molecule has 1 heterocycles. The van der Waals surface area contributed by atoms with Gasteiger partial charge in [-0.1, -0.05) is 32.6 Å². The van der Waals surface area contributed by atoms with Crippen LogP contribution in [0.5, 0.6) is 51.7 Å². The molecule has 7 N–H and O–H groups in total. The topological polar surface area (TPSA) is 203 Å². The Balaban J connectivity index is 1.65. The lowest BCUT2D eigenvalue weighted by atomic mass is 9.93. The summed E-state index contributed by atoms with van der Waals surface area (Å²) in [4.78, 5) is 25.5.